The van der Waals surface area contributed by atoms with Crippen LogP contribution in [-0.2, 0) is 9.16 Å². The van der Waals surface area contributed by atoms with Crippen LogP contribution in [0.15, 0.2) is 11.1 Å². The lowest BCUT2D eigenvalue weighted by Gasteiger charge is -2.38. The molecule has 1 aliphatic heterocycles. The number of hydrogen-bond donors (Lipinski definition) is 0. The topological polar surface area (TPSA) is 38.8 Å². The number of likely N-dealkylation sites (tertiary alicyclic amines) is 1. The largest absolute Gasteiger partial charge is 0.444 e. The van der Waals surface area contributed by atoms with Gasteiger partial charge in [0, 0.05) is 18.1 Å². The van der Waals surface area contributed by atoms with E-state index in [0.717, 1.165) is 24.8 Å². The van der Waals surface area contributed by atoms with E-state index < -0.39 is 13.9 Å². The summed E-state index contributed by atoms with van der Waals surface area (Å²) in [7, 11) is -1.87. The average Bonchev–Trinajstić information content (AvgIpc) is 2.84. The third kappa shape index (κ3) is 6.89. The van der Waals surface area contributed by atoms with Gasteiger partial charge in [0.2, 0.25) is 0 Å². The van der Waals surface area contributed by atoms with Crippen molar-refractivity contribution in [3.63, 3.8) is 0 Å². The molecule has 1 heterocycles. The Bertz CT molecular complexity index is 520. The summed E-state index contributed by atoms with van der Waals surface area (Å²) in [6.07, 6.45) is 2.46. The van der Waals surface area contributed by atoms with Crippen molar-refractivity contribution in [1.29, 1.82) is 0 Å². The van der Waals surface area contributed by atoms with Crippen molar-refractivity contribution in [2.75, 3.05) is 6.54 Å². The number of halogens is 1. The predicted octanol–water partition coefficient (Wildman–Crippen LogP) is 6.31. The van der Waals surface area contributed by atoms with Gasteiger partial charge in [-0.1, -0.05) is 37.9 Å². The van der Waals surface area contributed by atoms with Crippen LogP contribution in [0.25, 0.3) is 0 Å². The predicted molar refractivity (Wildman–Crippen MR) is 112 cm³/mol. The summed E-state index contributed by atoms with van der Waals surface area (Å²) in [5.41, 5.74) is 2.26. The van der Waals surface area contributed by atoms with Crippen LogP contribution in [0, 0.1) is 0 Å². The fourth-order valence-corrected chi connectivity index (χ4v) is 4.29. The first kappa shape index (κ1) is 23.5. The van der Waals surface area contributed by atoms with Crippen LogP contribution in [0.5, 0.6) is 0 Å². The molecule has 0 saturated carbocycles. The van der Waals surface area contributed by atoms with Crippen LogP contribution in [-0.4, -0.2) is 43.6 Å². The Kier molecular flexibility index (Phi) is 7.83. The van der Waals surface area contributed by atoms with Crippen molar-refractivity contribution in [3.05, 3.63) is 11.1 Å². The lowest BCUT2D eigenvalue weighted by Crippen LogP contribution is -2.45. The average molecular weight is 404 g/mol. The molecule has 0 unspecified atom stereocenters. The summed E-state index contributed by atoms with van der Waals surface area (Å²) in [5.74, 6) is 0. The second-order valence-electron chi connectivity index (χ2n) is 10.0. The molecule has 1 amide bonds. The molecule has 1 aliphatic rings. The molecule has 152 valence electrons. The zero-order valence-electron chi connectivity index (χ0n) is 18.1. The van der Waals surface area contributed by atoms with Crippen LogP contribution >= 0.6 is 11.6 Å². The van der Waals surface area contributed by atoms with E-state index >= 15 is 0 Å². The minimum absolute atomic E-state index is 0.0775. The Balaban J connectivity index is 2.88. The summed E-state index contributed by atoms with van der Waals surface area (Å²) >= 11 is 5.80. The third-order valence-corrected chi connectivity index (χ3v) is 10.2. The molecule has 2 atom stereocenters. The number of hydrogen-bond acceptors (Lipinski definition) is 3. The number of carbonyl (C=O) groups is 1. The number of amides is 1. The fraction of sp³-hybridized carbons (Fsp3) is 0.850. The molecule has 0 aromatic carbocycles. The molecule has 0 radical (unpaired) electrons. The Hall–Kier alpha value is -0.523. The minimum Gasteiger partial charge on any atom is -0.444 e. The summed E-state index contributed by atoms with van der Waals surface area (Å²) in [5, 5.41) is 0.153. The van der Waals surface area contributed by atoms with E-state index in [1.807, 2.05) is 32.6 Å². The van der Waals surface area contributed by atoms with Crippen molar-refractivity contribution in [2.45, 2.75) is 104 Å². The normalized spacial score (nSPS) is 22.7. The van der Waals surface area contributed by atoms with Crippen LogP contribution in [0.3, 0.4) is 0 Å². The quantitative estimate of drug-likeness (QED) is 0.505. The van der Waals surface area contributed by atoms with Gasteiger partial charge in [-0.25, -0.2) is 4.79 Å². The molecule has 0 spiro atoms. The molecule has 6 heteroatoms. The van der Waals surface area contributed by atoms with Gasteiger partial charge < -0.3 is 14.1 Å². The van der Waals surface area contributed by atoms with Crippen LogP contribution < -0.4 is 0 Å². The van der Waals surface area contributed by atoms with Crippen molar-refractivity contribution in [3.8, 4) is 0 Å². The first-order valence-electron chi connectivity index (χ1n) is 9.59. The Morgan fingerprint density at radius 1 is 1.23 bits per heavy atom. The van der Waals surface area contributed by atoms with Gasteiger partial charge in [-0.3, -0.25) is 0 Å². The minimum atomic E-state index is -1.87. The van der Waals surface area contributed by atoms with Gasteiger partial charge in [0.1, 0.15) is 5.60 Å². The van der Waals surface area contributed by atoms with E-state index in [-0.39, 0.29) is 23.3 Å². The molecule has 4 nitrogen and oxygen atoms in total. The van der Waals surface area contributed by atoms with Crippen LogP contribution in [0.2, 0.25) is 18.1 Å². The molecule has 1 saturated heterocycles. The number of nitrogens with zero attached hydrogens (tertiary/aromatic N) is 1. The summed E-state index contributed by atoms with van der Waals surface area (Å²) < 4.78 is 12.2. The number of carbonyl (C=O) groups excluding carboxylic acids is 1. The van der Waals surface area contributed by atoms with Gasteiger partial charge >= 0.3 is 6.09 Å². The monoisotopic (exact) mass is 403 g/mol. The van der Waals surface area contributed by atoms with Gasteiger partial charge in [0.05, 0.1) is 6.10 Å². The molecular formula is C20H38ClNO3Si. The molecule has 0 aromatic rings. The zero-order valence-corrected chi connectivity index (χ0v) is 19.9. The van der Waals surface area contributed by atoms with Gasteiger partial charge in [0.25, 0.3) is 0 Å². The lowest BCUT2D eigenvalue weighted by molar-refractivity contribution is 0.0205. The number of ether oxygens (including phenoxy) is 1. The first-order valence-corrected chi connectivity index (χ1v) is 12.9. The summed E-state index contributed by atoms with van der Waals surface area (Å²) in [6, 6.07) is 0.131. The summed E-state index contributed by atoms with van der Waals surface area (Å²) in [4.78, 5) is 14.6. The van der Waals surface area contributed by atoms with Gasteiger partial charge in [0.15, 0.2) is 8.32 Å². The highest BCUT2D eigenvalue weighted by Crippen LogP contribution is 2.39. The molecule has 0 bridgehead atoms. The number of rotatable bonds is 5. The molecule has 26 heavy (non-hydrogen) atoms. The maximum absolute atomic E-state index is 12.7. The van der Waals surface area contributed by atoms with Crippen molar-refractivity contribution < 1.29 is 14.0 Å². The fourth-order valence-electron chi connectivity index (χ4n) is 2.82. The Labute approximate surface area is 166 Å². The lowest BCUT2D eigenvalue weighted by atomic mass is 10.1. The molecule has 0 aliphatic carbocycles. The van der Waals surface area contributed by atoms with E-state index in [4.69, 9.17) is 20.8 Å². The van der Waals surface area contributed by atoms with Crippen molar-refractivity contribution in [1.82, 2.24) is 4.90 Å². The number of allylic oxidation sites excluding steroid dienone is 1. The van der Waals surface area contributed by atoms with Gasteiger partial charge in [-0.2, -0.15) is 0 Å². The molecule has 1 fully saturated rings. The standard InChI is InChI=1S/C20H38ClNO3Si/c1-15(13-21)10-11-16-12-17(25-26(8,9)20(5,6)7)14-22(16)18(23)24-19(2,3)4/h13,16-17H,10-12,14H2,1-9H3/b15-13+/t16-,17+/m0/s1. The van der Waals surface area contributed by atoms with E-state index in [0.29, 0.717) is 6.54 Å². The van der Waals surface area contributed by atoms with E-state index in [1.165, 1.54) is 0 Å². The van der Waals surface area contributed by atoms with Gasteiger partial charge in [-0.15, -0.1) is 0 Å². The molecular weight excluding hydrogens is 366 g/mol. The zero-order chi connectivity index (χ0) is 20.3. The van der Waals surface area contributed by atoms with Crippen LogP contribution in [0.4, 0.5) is 4.79 Å². The highest BCUT2D eigenvalue weighted by molar-refractivity contribution is 6.74. The SMILES string of the molecule is C/C(=C\Cl)CC[C@H]1C[C@@H](O[Si](C)(C)C(C)(C)C)CN1C(=O)OC(C)(C)C. The smallest absolute Gasteiger partial charge is 0.410 e. The van der Waals surface area contributed by atoms with E-state index in [2.05, 4.69) is 33.9 Å². The second kappa shape index (κ2) is 8.66. The molecule has 1 rings (SSSR count). The van der Waals surface area contributed by atoms with Crippen molar-refractivity contribution in [2.24, 2.45) is 0 Å². The second-order valence-corrected chi connectivity index (χ2v) is 15.0. The highest BCUT2D eigenvalue weighted by Gasteiger charge is 2.44. The molecule has 0 N–H and O–H groups in total. The van der Waals surface area contributed by atoms with Crippen molar-refractivity contribution >= 4 is 26.0 Å². The highest BCUT2D eigenvalue weighted by atomic mass is 35.5. The van der Waals surface area contributed by atoms with Gasteiger partial charge in [-0.05, 0) is 65.1 Å². The third-order valence-electron chi connectivity index (χ3n) is 5.33. The Morgan fingerprint density at radius 2 is 1.81 bits per heavy atom. The van der Waals surface area contributed by atoms with Crippen LogP contribution in [0.1, 0.15) is 67.7 Å². The van der Waals surface area contributed by atoms with E-state index in [1.54, 1.807) is 5.54 Å². The first-order chi connectivity index (χ1) is 11.7. The maximum atomic E-state index is 12.7. The summed E-state index contributed by atoms with van der Waals surface area (Å²) in [6.45, 7) is 19.6. The van der Waals surface area contributed by atoms with E-state index in [9.17, 15) is 4.79 Å². The Morgan fingerprint density at radius 3 is 2.27 bits per heavy atom. The molecule has 0 aromatic heterocycles. The maximum Gasteiger partial charge on any atom is 0.410 e.